The van der Waals surface area contributed by atoms with Crippen molar-refractivity contribution in [2.24, 2.45) is 0 Å². The molecule has 0 radical (unpaired) electrons. The Morgan fingerprint density at radius 2 is 1.97 bits per heavy atom. The first-order chi connectivity index (χ1) is 16.6. The van der Waals surface area contributed by atoms with Gasteiger partial charge < -0.3 is 19.9 Å². The summed E-state index contributed by atoms with van der Waals surface area (Å²) in [5.74, 6) is -0.330. The molecule has 2 aromatic carbocycles. The number of para-hydroxylation sites is 1. The standard InChI is InChI=1S/C28H35N3O3/c1-29-27(33)26(16-9-19-32)31-20-24-21(12-7-14-23(24)28(31)34)10-3-2-6-17-30-18-8-13-22-11-4-5-15-25(22)30/h4-5,7,11-12,14-15,19,26H,2-3,6,8-10,13,16-18,20H2,1H3,(H,29,33). The molecule has 2 aliphatic rings. The van der Waals surface area contributed by atoms with E-state index in [9.17, 15) is 14.4 Å². The monoisotopic (exact) mass is 461 g/mol. The molecular weight excluding hydrogens is 426 g/mol. The van der Waals surface area contributed by atoms with E-state index in [1.807, 2.05) is 12.1 Å². The molecule has 0 bridgehead atoms. The normalized spacial score (nSPS) is 15.6. The summed E-state index contributed by atoms with van der Waals surface area (Å²) in [6.45, 7) is 2.66. The first-order valence-electron chi connectivity index (χ1n) is 12.5. The predicted molar refractivity (Wildman–Crippen MR) is 134 cm³/mol. The van der Waals surface area contributed by atoms with Gasteiger partial charge in [-0.2, -0.15) is 0 Å². The van der Waals surface area contributed by atoms with Gasteiger partial charge in [0.05, 0.1) is 0 Å². The van der Waals surface area contributed by atoms with Crippen LogP contribution in [0.3, 0.4) is 0 Å². The summed E-state index contributed by atoms with van der Waals surface area (Å²) < 4.78 is 0. The lowest BCUT2D eigenvalue weighted by Gasteiger charge is -2.31. The highest BCUT2D eigenvalue weighted by Crippen LogP contribution is 2.30. The van der Waals surface area contributed by atoms with Crippen molar-refractivity contribution in [3.05, 3.63) is 64.7 Å². The fourth-order valence-corrected chi connectivity index (χ4v) is 5.36. The zero-order valence-corrected chi connectivity index (χ0v) is 20.1. The van der Waals surface area contributed by atoms with Gasteiger partial charge in [-0.15, -0.1) is 0 Å². The molecule has 2 aromatic rings. The van der Waals surface area contributed by atoms with Crippen LogP contribution in [-0.4, -0.2) is 49.2 Å². The molecule has 180 valence electrons. The molecule has 0 saturated carbocycles. The Morgan fingerprint density at radius 1 is 1.12 bits per heavy atom. The number of hydrogen-bond acceptors (Lipinski definition) is 4. The van der Waals surface area contributed by atoms with Crippen LogP contribution < -0.4 is 10.2 Å². The third kappa shape index (κ3) is 5.16. The number of carbonyl (C=O) groups excluding carboxylic acids is 3. The topological polar surface area (TPSA) is 69.7 Å². The SMILES string of the molecule is CNC(=O)C(CCC=O)N1Cc2c(CCCCCN3CCCc4ccccc43)cccc2C1=O. The Morgan fingerprint density at radius 3 is 2.79 bits per heavy atom. The van der Waals surface area contributed by atoms with Gasteiger partial charge in [-0.1, -0.05) is 36.8 Å². The van der Waals surface area contributed by atoms with Crippen molar-refractivity contribution < 1.29 is 14.4 Å². The summed E-state index contributed by atoms with van der Waals surface area (Å²) in [6, 6.07) is 14.0. The van der Waals surface area contributed by atoms with Gasteiger partial charge in [0.1, 0.15) is 12.3 Å². The molecule has 1 unspecified atom stereocenters. The number of aldehydes is 1. The maximum atomic E-state index is 13.1. The van der Waals surface area contributed by atoms with E-state index >= 15 is 0 Å². The van der Waals surface area contributed by atoms with Crippen LogP contribution in [0, 0.1) is 0 Å². The smallest absolute Gasteiger partial charge is 0.255 e. The molecule has 6 heteroatoms. The molecule has 1 N–H and O–H groups in total. The second-order valence-corrected chi connectivity index (χ2v) is 9.28. The van der Waals surface area contributed by atoms with Crippen LogP contribution in [0.4, 0.5) is 5.69 Å². The number of amides is 2. The third-order valence-electron chi connectivity index (χ3n) is 7.16. The molecule has 0 aliphatic carbocycles. The first-order valence-corrected chi connectivity index (χ1v) is 12.5. The molecule has 0 aromatic heterocycles. The zero-order chi connectivity index (χ0) is 23.9. The fraction of sp³-hybridized carbons (Fsp3) is 0.464. The van der Waals surface area contributed by atoms with E-state index in [0.29, 0.717) is 18.5 Å². The molecule has 4 rings (SSSR count). The molecule has 6 nitrogen and oxygen atoms in total. The van der Waals surface area contributed by atoms with Crippen molar-refractivity contribution in [3.8, 4) is 0 Å². The number of hydrogen-bond donors (Lipinski definition) is 1. The molecule has 2 heterocycles. The molecule has 2 amide bonds. The summed E-state index contributed by atoms with van der Waals surface area (Å²) in [7, 11) is 1.57. The van der Waals surface area contributed by atoms with Gasteiger partial charge in [0, 0.05) is 44.4 Å². The van der Waals surface area contributed by atoms with Gasteiger partial charge in [-0.3, -0.25) is 9.59 Å². The number of nitrogens with one attached hydrogen (secondary N) is 1. The molecule has 1 atom stereocenters. The predicted octanol–water partition coefficient (Wildman–Crippen LogP) is 3.90. The van der Waals surface area contributed by atoms with E-state index in [1.165, 1.54) is 29.7 Å². The van der Waals surface area contributed by atoms with Crippen molar-refractivity contribution in [2.45, 2.75) is 64.0 Å². The van der Waals surface area contributed by atoms with Crippen LogP contribution in [0.2, 0.25) is 0 Å². The van der Waals surface area contributed by atoms with Crippen molar-refractivity contribution in [2.75, 3.05) is 25.0 Å². The summed E-state index contributed by atoms with van der Waals surface area (Å²) >= 11 is 0. The number of fused-ring (bicyclic) bond motifs is 2. The van der Waals surface area contributed by atoms with Crippen molar-refractivity contribution in [1.82, 2.24) is 10.2 Å². The Labute approximate surface area is 202 Å². The average Bonchev–Trinajstić information content (AvgIpc) is 3.21. The Bertz CT molecular complexity index is 1040. The lowest BCUT2D eigenvalue weighted by atomic mass is 9.98. The van der Waals surface area contributed by atoms with Gasteiger partial charge in [-0.25, -0.2) is 0 Å². The lowest BCUT2D eigenvalue weighted by molar-refractivity contribution is -0.125. The summed E-state index contributed by atoms with van der Waals surface area (Å²) in [4.78, 5) is 40.5. The number of unbranched alkanes of at least 4 members (excludes halogenated alkanes) is 2. The second-order valence-electron chi connectivity index (χ2n) is 9.28. The minimum atomic E-state index is -0.615. The van der Waals surface area contributed by atoms with Gasteiger partial charge in [0.15, 0.2) is 0 Å². The summed E-state index contributed by atoms with van der Waals surface area (Å²) in [5.41, 5.74) is 5.79. The van der Waals surface area contributed by atoms with Crippen molar-refractivity contribution >= 4 is 23.8 Å². The molecule has 0 saturated heterocycles. The molecule has 0 fully saturated rings. The van der Waals surface area contributed by atoms with Gasteiger partial charge >= 0.3 is 0 Å². The number of anilines is 1. The quantitative estimate of drug-likeness (QED) is 0.407. The number of aryl methyl sites for hydroxylation is 2. The van der Waals surface area contributed by atoms with E-state index in [-0.39, 0.29) is 18.2 Å². The summed E-state index contributed by atoms with van der Waals surface area (Å²) in [6.07, 6.45) is 8.10. The fourth-order valence-electron chi connectivity index (χ4n) is 5.36. The van der Waals surface area contributed by atoms with Crippen LogP contribution in [0.5, 0.6) is 0 Å². The molecular formula is C28H35N3O3. The minimum absolute atomic E-state index is 0.111. The van der Waals surface area contributed by atoms with E-state index < -0.39 is 6.04 Å². The van der Waals surface area contributed by atoms with E-state index in [1.54, 1.807) is 11.9 Å². The van der Waals surface area contributed by atoms with Gasteiger partial charge in [0.2, 0.25) is 5.91 Å². The summed E-state index contributed by atoms with van der Waals surface area (Å²) in [5, 5.41) is 2.64. The molecule has 2 aliphatic heterocycles. The largest absolute Gasteiger partial charge is 0.371 e. The highest BCUT2D eigenvalue weighted by molar-refractivity contribution is 6.01. The number of carbonyl (C=O) groups is 3. The number of likely N-dealkylation sites (N-methyl/N-ethyl adjacent to an activating group) is 1. The van der Waals surface area contributed by atoms with Crippen LogP contribution in [0.15, 0.2) is 42.5 Å². The molecule has 0 spiro atoms. The van der Waals surface area contributed by atoms with E-state index in [4.69, 9.17) is 0 Å². The zero-order valence-electron chi connectivity index (χ0n) is 20.1. The van der Waals surface area contributed by atoms with Gasteiger partial charge in [0.25, 0.3) is 5.91 Å². The van der Waals surface area contributed by atoms with Crippen LogP contribution in [0.25, 0.3) is 0 Å². The van der Waals surface area contributed by atoms with E-state index in [2.05, 4.69) is 40.5 Å². The number of benzene rings is 2. The Balaban J connectivity index is 1.33. The maximum Gasteiger partial charge on any atom is 0.255 e. The maximum absolute atomic E-state index is 13.1. The third-order valence-corrected chi connectivity index (χ3v) is 7.16. The highest BCUT2D eigenvalue weighted by Gasteiger charge is 2.36. The Hall–Kier alpha value is -3.15. The van der Waals surface area contributed by atoms with Crippen molar-refractivity contribution in [1.29, 1.82) is 0 Å². The van der Waals surface area contributed by atoms with E-state index in [0.717, 1.165) is 50.6 Å². The minimum Gasteiger partial charge on any atom is -0.371 e. The highest BCUT2D eigenvalue weighted by atomic mass is 16.2. The molecule has 34 heavy (non-hydrogen) atoms. The van der Waals surface area contributed by atoms with Crippen LogP contribution >= 0.6 is 0 Å². The average molecular weight is 462 g/mol. The number of rotatable bonds is 11. The lowest BCUT2D eigenvalue weighted by Crippen LogP contribution is -2.46. The Kier molecular flexibility index (Phi) is 7.99. The van der Waals surface area contributed by atoms with Crippen LogP contribution in [-0.2, 0) is 29.0 Å². The van der Waals surface area contributed by atoms with Crippen molar-refractivity contribution in [3.63, 3.8) is 0 Å². The van der Waals surface area contributed by atoms with Gasteiger partial charge in [-0.05, 0) is 67.3 Å². The van der Waals surface area contributed by atoms with Crippen LogP contribution in [0.1, 0.15) is 65.6 Å². The first kappa shape index (κ1) is 24.0. The second kappa shape index (κ2) is 11.3. The number of nitrogens with zero attached hydrogens (tertiary/aromatic N) is 2.